The van der Waals surface area contributed by atoms with Gasteiger partial charge in [0.1, 0.15) is 11.5 Å². The van der Waals surface area contributed by atoms with Gasteiger partial charge in [-0.15, -0.1) is 11.3 Å². The van der Waals surface area contributed by atoms with Crippen molar-refractivity contribution in [1.82, 2.24) is 0 Å². The number of ether oxygens (including phenoxy) is 2. The molecule has 138 valence electrons. The van der Waals surface area contributed by atoms with Crippen molar-refractivity contribution in [3.05, 3.63) is 59.5 Å². The van der Waals surface area contributed by atoms with E-state index in [0.717, 1.165) is 17.9 Å². The highest BCUT2D eigenvalue weighted by Crippen LogP contribution is 2.31. The maximum atomic E-state index is 6.24. The van der Waals surface area contributed by atoms with Gasteiger partial charge < -0.3 is 9.47 Å². The van der Waals surface area contributed by atoms with Crippen LogP contribution in [-0.4, -0.2) is 6.29 Å². The van der Waals surface area contributed by atoms with Crippen molar-refractivity contribution in [2.75, 3.05) is 0 Å². The average Bonchev–Trinajstić information content (AvgIpc) is 3.08. The molecule has 0 N–H and O–H groups in total. The van der Waals surface area contributed by atoms with Crippen molar-refractivity contribution in [2.45, 2.75) is 53.2 Å². The maximum Gasteiger partial charge on any atom is 0.245 e. The van der Waals surface area contributed by atoms with Crippen LogP contribution in [0.3, 0.4) is 0 Å². The molecule has 0 aliphatic heterocycles. The predicted octanol–water partition coefficient (Wildman–Crippen LogP) is 7.24. The highest BCUT2D eigenvalue weighted by atomic mass is 32.1. The summed E-state index contributed by atoms with van der Waals surface area (Å²) in [5.74, 6) is 2.25. The Labute approximate surface area is 160 Å². The monoisotopic (exact) mass is 368 g/mol. The van der Waals surface area contributed by atoms with E-state index in [0.29, 0.717) is 5.92 Å². The van der Waals surface area contributed by atoms with E-state index in [-0.39, 0.29) is 11.7 Å². The normalized spacial score (nSPS) is 14.2. The number of hydrogen-bond acceptors (Lipinski definition) is 3. The van der Waals surface area contributed by atoms with Crippen molar-refractivity contribution >= 4 is 21.4 Å². The molecule has 0 aliphatic rings. The first-order valence-corrected chi connectivity index (χ1v) is 10.2. The summed E-state index contributed by atoms with van der Waals surface area (Å²) >= 11 is 1.74. The van der Waals surface area contributed by atoms with Gasteiger partial charge in [-0.05, 0) is 65.1 Å². The average molecular weight is 369 g/mol. The van der Waals surface area contributed by atoms with Gasteiger partial charge in [-0.3, -0.25) is 0 Å². The van der Waals surface area contributed by atoms with Crippen LogP contribution in [0.4, 0.5) is 0 Å². The van der Waals surface area contributed by atoms with Gasteiger partial charge >= 0.3 is 0 Å². The lowest BCUT2D eigenvalue weighted by Gasteiger charge is -2.31. The third-order valence-electron chi connectivity index (χ3n) is 4.68. The number of hydrogen-bond donors (Lipinski definition) is 0. The summed E-state index contributed by atoms with van der Waals surface area (Å²) in [7, 11) is 0. The molecule has 1 aromatic heterocycles. The van der Waals surface area contributed by atoms with Crippen LogP contribution in [0.1, 0.15) is 52.5 Å². The zero-order chi connectivity index (χ0) is 18.7. The molecule has 3 heteroatoms. The topological polar surface area (TPSA) is 18.5 Å². The lowest BCUT2D eigenvalue weighted by molar-refractivity contribution is -0.0726. The molecule has 1 heterocycles. The van der Waals surface area contributed by atoms with Gasteiger partial charge in [-0.2, -0.15) is 0 Å². The van der Waals surface area contributed by atoms with E-state index >= 15 is 0 Å². The molecule has 0 saturated heterocycles. The Morgan fingerprint density at radius 1 is 0.923 bits per heavy atom. The molecule has 0 bridgehead atoms. The second-order valence-electron chi connectivity index (χ2n) is 7.93. The lowest BCUT2D eigenvalue weighted by atomic mass is 9.95. The van der Waals surface area contributed by atoms with Gasteiger partial charge in [0.05, 0.1) is 0 Å². The van der Waals surface area contributed by atoms with Gasteiger partial charge in [0.15, 0.2) is 0 Å². The largest absolute Gasteiger partial charge is 0.454 e. The number of benzene rings is 2. The quantitative estimate of drug-likeness (QED) is 0.427. The molecule has 2 aromatic carbocycles. The van der Waals surface area contributed by atoms with Crippen molar-refractivity contribution in [2.24, 2.45) is 5.41 Å². The minimum absolute atomic E-state index is 0.154. The molecule has 0 fully saturated rings. The van der Waals surface area contributed by atoms with E-state index in [9.17, 15) is 0 Å². The molecule has 26 heavy (non-hydrogen) atoms. The van der Waals surface area contributed by atoms with Crippen molar-refractivity contribution < 1.29 is 9.47 Å². The molecule has 2 nitrogen and oxygen atoms in total. The Morgan fingerprint density at radius 2 is 1.58 bits per heavy atom. The van der Waals surface area contributed by atoms with Crippen LogP contribution < -0.4 is 9.47 Å². The Hall–Kier alpha value is -2.00. The van der Waals surface area contributed by atoms with Crippen LogP contribution in [0.2, 0.25) is 0 Å². The van der Waals surface area contributed by atoms with Gasteiger partial charge in [0, 0.05) is 10.1 Å². The fraction of sp³-hybridized carbons (Fsp3) is 0.391. The summed E-state index contributed by atoms with van der Waals surface area (Å²) in [6, 6.07) is 16.7. The molecule has 0 radical (unpaired) electrons. The fourth-order valence-electron chi connectivity index (χ4n) is 2.75. The van der Waals surface area contributed by atoms with Crippen molar-refractivity contribution in [3.63, 3.8) is 0 Å². The third-order valence-corrected chi connectivity index (χ3v) is 5.58. The van der Waals surface area contributed by atoms with Gasteiger partial charge in [0.25, 0.3) is 0 Å². The molecular weight excluding hydrogens is 340 g/mol. The van der Waals surface area contributed by atoms with Crippen molar-refractivity contribution in [3.8, 4) is 11.5 Å². The third kappa shape index (κ3) is 4.39. The smallest absolute Gasteiger partial charge is 0.245 e. The Morgan fingerprint density at radius 3 is 2.23 bits per heavy atom. The second kappa shape index (κ2) is 7.71. The van der Waals surface area contributed by atoms with Crippen LogP contribution in [0.25, 0.3) is 10.1 Å². The van der Waals surface area contributed by atoms with E-state index in [1.165, 1.54) is 15.6 Å². The predicted molar refractivity (Wildman–Crippen MR) is 111 cm³/mol. The van der Waals surface area contributed by atoms with E-state index < -0.39 is 0 Å². The van der Waals surface area contributed by atoms with E-state index in [1.54, 1.807) is 11.3 Å². The van der Waals surface area contributed by atoms with Crippen LogP contribution in [-0.2, 0) is 0 Å². The number of rotatable bonds is 6. The molecule has 3 aromatic rings. The summed E-state index contributed by atoms with van der Waals surface area (Å²) in [5.41, 5.74) is 1.19. The van der Waals surface area contributed by atoms with E-state index in [1.807, 2.05) is 18.2 Å². The van der Waals surface area contributed by atoms with Gasteiger partial charge in [-0.1, -0.05) is 46.8 Å². The fourth-order valence-corrected chi connectivity index (χ4v) is 3.52. The SMILES string of the molecule is CCC(C)c1ccc(OC(Oc2ccc3sccc3c2)C(C)(C)C)cc1. The maximum absolute atomic E-state index is 6.24. The number of thiophene rings is 1. The minimum atomic E-state index is -0.368. The van der Waals surface area contributed by atoms with Crippen molar-refractivity contribution in [1.29, 1.82) is 0 Å². The zero-order valence-electron chi connectivity index (χ0n) is 16.3. The lowest BCUT2D eigenvalue weighted by Crippen LogP contribution is -2.37. The molecule has 3 rings (SSSR count). The number of fused-ring (bicyclic) bond motifs is 1. The molecule has 0 amide bonds. The van der Waals surface area contributed by atoms with E-state index in [2.05, 4.69) is 70.3 Å². The minimum Gasteiger partial charge on any atom is -0.454 e. The van der Waals surface area contributed by atoms with Crippen LogP contribution in [0.15, 0.2) is 53.9 Å². The standard InChI is InChI=1S/C23H28O2S/c1-6-16(2)17-7-9-19(10-8-17)24-22(23(3,4)5)25-20-11-12-21-18(15-20)13-14-26-21/h7-16,22H,6H2,1-5H3. The van der Waals surface area contributed by atoms with Gasteiger partial charge in [-0.25, -0.2) is 0 Å². The Balaban J connectivity index is 1.77. The highest BCUT2D eigenvalue weighted by molar-refractivity contribution is 7.17. The summed E-state index contributed by atoms with van der Waals surface area (Å²) in [6.07, 6.45) is 0.770. The second-order valence-corrected chi connectivity index (χ2v) is 8.88. The van der Waals surface area contributed by atoms with Crippen LogP contribution in [0.5, 0.6) is 11.5 Å². The summed E-state index contributed by atoms with van der Waals surface area (Å²) in [4.78, 5) is 0. The van der Waals surface area contributed by atoms with Gasteiger partial charge in [0.2, 0.25) is 6.29 Å². The molecule has 0 spiro atoms. The first-order valence-electron chi connectivity index (χ1n) is 9.27. The first-order chi connectivity index (χ1) is 12.4. The summed E-state index contributed by atoms with van der Waals surface area (Å²) in [5, 5.41) is 3.31. The molecular formula is C23H28O2S. The van der Waals surface area contributed by atoms with Crippen LogP contribution >= 0.6 is 11.3 Å². The molecule has 2 unspecified atom stereocenters. The first kappa shape index (κ1) is 18.8. The molecule has 0 aliphatic carbocycles. The van der Waals surface area contributed by atoms with Crippen LogP contribution in [0, 0.1) is 5.41 Å². The highest BCUT2D eigenvalue weighted by Gasteiger charge is 2.29. The molecule has 2 atom stereocenters. The van der Waals surface area contributed by atoms with E-state index in [4.69, 9.17) is 9.47 Å². The Bertz CT molecular complexity index is 843. The zero-order valence-corrected chi connectivity index (χ0v) is 17.1. The summed E-state index contributed by atoms with van der Waals surface area (Å²) < 4.78 is 13.7. The molecule has 0 saturated carbocycles. The summed E-state index contributed by atoms with van der Waals surface area (Å²) in [6.45, 7) is 10.9. The Kier molecular flexibility index (Phi) is 5.57.